The molecule has 0 bridgehead atoms. The Kier molecular flexibility index (Phi) is 3.45. The number of anilines is 1. The second-order valence-electron chi connectivity index (χ2n) is 5.63. The summed E-state index contributed by atoms with van der Waals surface area (Å²) in [6.45, 7) is 5.73. The molecule has 1 heterocycles. The zero-order chi connectivity index (χ0) is 15.9. The molecule has 2 aromatic carbocycles. The zero-order valence-electron chi connectivity index (χ0n) is 12.8. The van der Waals surface area contributed by atoms with E-state index in [2.05, 4.69) is 0 Å². The first kappa shape index (κ1) is 14.3. The first-order valence-electron chi connectivity index (χ1n) is 7.24. The van der Waals surface area contributed by atoms with Crippen molar-refractivity contribution in [3.05, 3.63) is 59.2 Å². The van der Waals surface area contributed by atoms with Gasteiger partial charge in [0.15, 0.2) is 0 Å². The monoisotopic (exact) mass is 295 g/mol. The van der Waals surface area contributed by atoms with Crippen molar-refractivity contribution in [2.75, 3.05) is 4.90 Å². The SMILES string of the molecule is Cc1ccc(OC(C)C)c(N2C(=O)c3ccccc3C2=O)c1. The molecule has 0 radical (unpaired) electrons. The topological polar surface area (TPSA) is 46.6 Å². The fraction of sp³-hybridized carbons (Fsp3) is 0.222. The van der Waals surface area contributed by atoms with E-state index in [1.807, 2.05) is 26.8 Å². The third-order valence-electron chi connectivity index (χ3n) is 3.51. The van der Waals surface area contributed by atoms with E-state index < -0.39 is 0 Å². The van der Waals surface area contributed by atoms with Gasteiger partial charge in [-0.25, -0.2) is 4.90 Å². The van der Waals surface area contributed by atoms with Crippen molar-refractivity contribution in [1.82, 2.24) is 0 Å². The van der Waals surface area contributed by atoms with Crippen LogP contribution in [0.2, 0.25) is 0 Å². The van der Waals surface area contributed by atoms with Gasteiger partial charge in [0.2, 0.25) is 0 Å². The normalized spacial score (nSPS) is 13.7. The third-order valence-corrected chi connectivity index (χ3v) is 3.51. The molecule has 0 spiro atoms. The van der Waals surface area contributed by atoms with Crippen molar-refractivity contribution in [2.45, 2.75) is 26.9 Å². The number of amides is 2. The standard InChI is InChI=1S/C18H17NO3/c1-11(2)22-16-9-8-12(3)10-15(16)19-17(20)13-6-4-5-7-14(13)18(19)21/h4-11H,1-3H3. The summed E-state index contributed by atoms with van der Waals surface area (Å²) in [4.78, 5) is 26.4. The first-order valence-corrected chi connectivity index (χ1v) is 7.24. The Balaban J connectivity index is 2.11. The van der Waals surface area contributed by atoms with Crippen molar-refractivity contribution >= 4 is 17.5 Å². The number of benzene rings is 2. The van der Waals surface area contributed by atoms with Crippen molar-refractivity contribution in [1.29, 1.82) is 0 Å². The number of ether oxygens (including phenoxy) is 1. The fourth-order valence-electron chi connectivity index (χ4n) is 2.56. The highest BCUT2D eigenvalue weighted by atomic mass is 16.5. The molecule has 4 nitrogen and oxygen atoms in total. The van der Waals surface area contributed by atoms with Gasteiger partial charge in [0.25, 0.3) is 11.8 Å². The van der Waals surface area contributed by atoms with Crippen molar-refractivity contribution in [3.63, 3.8) is 0 Å². The van der Waals surface area contributed by atoms with Gasteiger partial charge < -0.3 is 4.74 Å². The van der Waals surface area contributed by atoms with Crippen LogP contribution in [-0.4, -0.2) is 17.9 Å². The Morgan fingerprint density at radius 3 is 2.09 bits per heavy atom. The fourth-order valence-corrected chi connectivity index (χ4v) is 2.56. The second kappa shape index (κ2) is 5.30. The molecule has 0 atom stereocenters. The van der Waals surface area contributed by atoms with Crippen LogP contribution in [0.25, 0.3) is 0 Å². The average molecular weight is 295 g/mol. The lowest BCUT2D eigenvalue weighted by Crippen LogP contribution is -2.30. The highest BCUT2D eigenvalue weighted by molar-refractivity contribution is 6.34. The van der Waals surface area contributed by atoms with Crippen molar-refractivity contribution in [3.8, 4) is 5.75 Å². The molecule has 3 rings (SSSR count). The Morgan fingerprint density at radius 2 is 1.55 bits per heavy atom. The summed E-state index contributed by atoms with van der Waals surface area (Å²) in [5.41, 5.74) is 2.33. The minimum Gasteiger partial charge on any atom is -0.489 e. The Bertz CT molecular complexity index is 730. The van der Waals surface area contributed by atoms with Crippen LogP contribution < -0.4 is 9.64 Å². The predicted octanol–water partition coefficient (Wildman–Crippen LogP) is 3.58. The number of imide groups is 1. The molecule has 1 aliphatic heterocycles. The number of aryl methyl sites for hydroxylation is 1. The van der Waals surface area contributed by atoms with Crippen LogP contribution >= 0.6 is 0 Å². The maximum atomic E-state index is 12.6. The summed E-state index contributed by atoms with van der Waals surface area (Å²) in [7, 11) is 0. The van der Waals surface area contributed by atoms with E-state index in [0.29, 0.717) is 22.6 Å². The summed E-state index contributed by atoms with van der Waals surface area (Å²) in [6.07, 6.45) is -0.0448. The molecule has 0 saturated carbocycles. The number of hydrogen-bond donors (Lipinski definition) is 0. The van der Waals surface area contributed by atoms with Crippen LogP contribution in [0.15, 0.2) is 42.5 Å². The number of carbonyl (C=O) groups excluding carboxylic acids is 2. The summed E-state index contributed by atoms with van der Waals surface area (Å²) in [5.74, 6) is -0.0743. The van der Waals surface area contributed by atoms with E-state index in [1.165, 1.54) is 4.90 Å². The van der Waals surface area contributed by atoms with E-state index in [0.717, 1.165) is 5.56 Å². The van der Waals surface area contributed by atoms with E-state index >= 15 is 0 Å². The lowest BCUT2D eigenvalue weighted by molar-refractivity contribution is 0.0924. The first-order chi connectivity index (χ1) is 10.5. The van der Waals surface area contributed by atoms with Crippen LogP contribution in [0.1, 0.15) is 40.1 Å². The smallest absolute Gasteiger partial charge is 0.266 e. The minimum absolute atomic E-state index is 0.0448. The molecule has 2 aromatic rings. The van der Waals surface area contributed by atoms with Crippen molar-refractivity contribution < 1.29 is 14.3 Å². The van der Waals surface area contributed by atoms with E-state index in [4.69, 9.17) is 4.74 Å². The Hall–Kier alpha value is -2.62. The average Bonchev–Trinajstić information content (AvgIpc) is 2.73. The molecule has 1 aliphatic rings. The quantitative estimate of drug-likeness (QED) is 0.813. The van der Waals surface area contributed by atoms with Gasteiger partial charge in [0.05, 0.1) is 22.9 Å². The van der Waals surface area contributed by atoms with Gasteiger partial charge in [0.1, 0.15) is 5.75 Å². The predicted molar refractivity (Wildman–Crippen MR) is 84.5 cm³/mol. The summed E-state index contributed by atoms with van der Waals surface area (Å²) in [5, 5.41) is 0. The molecule has 0 saturated heterocycles. The summed E-state index contributed by atoms with van der Waals surface area (Å²) < 4.78 is 5.76. The second-order valence-corrected chi connectivity index (χ2v) is 5.63. The molecule has 22 heavy (non-hydrogen) atoms. The molecule has 4 heteroatoms. The molecular formula is C18H17NO3. The minimum atomic E-state index is -0.306. The van der Waals surface area contributed by atoms with Gasteiger partial charge in [0, 0.05) is 0 Å². The van der Waals surface area contributed by atoms with E-state index in [1.54, 1.807) is 36.4 Å². The number of nitrogens with zero attached hydrogens (tertiary/aromatic N) is 1. The lowest BCUT2D eigenvalue weighted by atomic mass is 10.1. The van der Waals surface area contributed by atoms with Gasteiger partial charge >= 0.3 is 0 Å². The molecule has 0 aliphatic carbocycles. The number of hydrogen-bond acceptors (Lipinski definition) is 3. The van der Waals surface area contributed by atoms with Crippen LogP contribution in [0.4, 0.5) is 5.69 Å². The molecular weight excluding hydrogens is 278 g/mol. The van der Waals surface area contributed by atoms with Gasteiger partial charge in [-0.1, -0.05) is 18.2 Å². The maximum Gasteiger partial charge on any atom is 0.266 e. The van der Waals surface area contributed by atoms with Gasteiger partial charge in [-0.15, -0.1) is 0 Å². The molecule has 0 unspecified atom stereocenters. The Morgan fingerprint density at radius 1 is 0.955 bits per heavy atom. The van der Waals surface area contributed by atoms with Gasteiger partial charge in [-0.2, -0.15) is 0 Å². The lowest BCUT2D eigenvalue weighted by Gasteiger charge is -2.20. The molecule has 112 valence electrons. The molecule has 0 N–H and O–H groups in total. The van der Waals surface area contributed by atoms with Crippen LogP contribution in [0.3, 0.4) is 0 Å². The highest BCUT2D eigenvalue weighted by Gasteiger charge is 2.37. The largest absolute Gasteiger partial charge is 0.489 e. The van der Waals surface area contributed by atoms with Crippen LogP contribution in [0.5, 0.6) is 5.75 Å². The van der Waals surface area contributed by atoms with E-state index in [9.17, 15) is 9.59 Å². The van der Waals surface area contributed by atoms with Crippen molar-refractivity contribution in [2.24, 2.45) is 0 Å². The summed E-state index contributed by atoms with van der Waals surface area (Å²) in [6, 6.07) is 12.4. The van der Waals surface area contributed by atoms with Crippen LogP contribution in [-0.2, 0) is 0 Å². The van der Waals surface area contributed by atoms with Crippen LogP contribution in [0, 0.1) is 6.92 Å². The summed E-state index contributed by atoms with van der Waals surface area (Å²) >= 11 is 0. The maximum absolute atomic E-state index is 12.6. The zero-order valence-corrected chi connectivity index (χ0v) is 12.8. The molecule has 0 aromatic heterocycles. The number of carbonyl (C=O) groups is 2. The third kappa shape index (κ3) is 2.26. The van der Waals surface area contributed by atoms with E-state index in [-0.39, 0.29) is 17.9 Å². The molecule has 0 fully saturated rings. The highest BCUT2D eigenvalue weighted by Crippen LogP contribution is 2.36. The molecule has 2 amide bonds. The Labute approximate surface area is 129 Å². The van der Waals surface area contributed by atoms with Gasteiger partial charge in [-0.3, -0.25) is 9.59 Å². The van der Waals surface area contributed by atoms with Gasteiger partial charge in [-0.05, 0) is 50.6 Å². The number of fused-ring (bicyclic) bond motifs is 1. The number of rotatable bonds is 3.